The third-order valence-electron chi connectivity index (χ3n) is 3.71. The Hall–Kier alpha value is -2.33. The van der Waals surface area contributed by atoms with Gasteiger partial charge in [-0.3, -0.25) is 4.79 Å². The molecule has 0 aromatic heterocycles. The molecule has 0 fully saturated rings. The van der Waals surface area contributed by atoms with Crippen molar-refractivity contribution in [3.63, 3.8) is 0 Å². The zero-order valence-corrected chi connectivity index (χ0v) is 14.0. The van der Waals surface area contributed by atoms with Gasteiger partial charge in [0.25, 0.3) is 5.91 Å². The standard InChI is InChI=1S/C19H24N2O2/c1-14-4-7-17(15(2)10-14)12-21-11-16-5-8-18(9-6-16)23-13-19(22)20-3/h4-10,21H,11-13H2,1-3H3,(H,20,22). The summed E-state index contributed by atoms with van der Waals surface area (Å²) in [5, 5.41) is 5.98. The summed E-state index contributed by atoms with van der Waals surface area (Å²) in [6, 6.07) is 14.3. The highest BCUT2D eigenvalue weighted by atomic mass is 16.5. The number of carbonyl (C=O) groups is 1. The third kappa shape index (κ3) is 5.42. The summed E-state index contributed by atoms with van der Waals surface area (Å²) in [5.74, 6) is 0.566. The van der Waals surface area contributed by atoms with Gasteiger partial charge in [0.2, 0.25) is 0 Å². The van der Waals surface area contributed by atoms with Gasteiger partial charge in [-0.1, -0.05) is 35.9 Å². The lowest BCUT2D eigenvalue weighted by molar-refractivity contribution is -0.122. The molecule has 0 spiro atoms. The molecule has 2 N–H and O–H groups in total. The van der Waals surface area contributed by atoms with Crippen LogP contribution in [0.4, 0.5) is 0 Å². The Kier molecular flexibility index (Phi) is 6.18. The molecule has 0 heterocycles. The molecular weight excluding hydrogens is 288 g/mol. The topological polar surface area (TPSA) is 50.4 Å². The number of rotatable bonds is 7. The van der Waals surface area contributed by atoms with E-state index in [1.807, 2.05) is 24.3 Å². The van der Waals surface area contributed by atoms with E-state index in [0.29, 0.717) is 5.75 Å². The van der Waals surface area contributed by atoms with Crippen LogP contribution in [0.15, 0.2) is 42.5 Å². The number of aryl methyl sites for hydroxylation is 2. The number of carbonyl (C=O) groups excluding carboxylic acids is 1. The first kappa shape index (κ1) is 17.0. The summed E-state index contributed by atoms with van der Waals surface area (Å²) in [4.78, 5) is 11.1. The Morgan fingerprint density at radius 1 is 1.04 bits per heavy atom. The SMILES string of the molecule is CNC(=O)COc1ccc(CNCc2ccc(C)cc2C)cc1. The van der Waals surface area contributed by atoms with E-state index < -0.39 is 0 Å². The zero-order chi connectivity index (χ0) is 16.7. The minimum Gasteiger partial charge on any atom is -0.484 e. The Morgan fingerprint density at radius 3 is 2.43 bits per heavy atom. The van der Waals surface area contributed by atoms with Crippen molar-refractivity contribution in [2.24, 2.45) is 0 Å². The van der Waals surface area contributed by atoms with Crippen molar-refractivity contribution in [2.45, 2.75) is 26.9 Å². The van der Waals surface area contributed by atoms with Gasteiger partial charge in [0, 0.05) is 20.1 Å². The molecule has 0 aliphatic rings. The van der Waals surface area contributed by atoms with E-state index in [4.69, 9.17) is 4.74 Å². The first-order chi connectivity index (χ1) is 11.1. The van der Waals surface area contributed by atoms with Gasteiger partial charge in [-0.25, -0.2) is 0 Å². The molecule has 0 aliphatic heterocycles. The fraction of sp³-hybridized carbons (Fsp3) is 0.316. The average molecular weight is 312 g/mol. The van der Waals surface area contributed by atoms with Crippen molar-refractivity contribution < 1.29 is 9.53 Å². The Labute approximate surface area is 137 Å². The maximum atomic E-state index is 11.1. The fourth-order valence-corrected chi connectivity index (χ4v) is 2.31. The molecule has 2 rings (SSSR count). The minimum absolute atomic E-state index is 0.0425. The Balaban J connectivity index is 1.80. The van der Waals surface area contributed by atoms with E-state index in [-0.39, 0.29) is 12.5 Å². The number of hydrogen-bond donors (Lipinski definition) is 2. The van der Waals surface area contributed by atoms with E-state index in [2.05, 4.69) is 42.7 Å². The normalized spacial score (nSPS) is 10.4. The second kappa shape index (κ2) is 8.34. The number of nitrogens with one attached hydrogen (secondary N) is 2. The van der Waals surface area contributed by atoms with Crippen LogP contribution < -0.4 is 15.4 Å². The summed E-state index contributed by atoms with van der Waals surface area (Å²) in [5.41, 5.74) is 5.11. The molecule has 1 amide bonds. The molecule has 0 atom stereocenters. The largest absolute Gasteiger partial charge is 0.484 e. The van der Waals surface area contributed by atoms with Gasteiger partial charge in [-0.2, -0.15) is 0 Å². The van der Waals surface area contributed by atoms with E-state index in [1.165, 1.54) is 22.3 Å². The minimum atomic E-state index is -0.135. The molecule has 2 aromatic carbocycles. The van der Waals surface area contributed by atoms with Gasteiger partial charge in [0.05, 0.1) is 0 Å². The van der Waals surface area contributed by atoms with E-state index in [1.54, 1.807) is 7.05 Å². The molecule has 0 unspecified atom stereocenters. The maximum Gasteiger partial charge on any atom is 0.257 e. The smallest absolute Gasteiger partial charge is 0.257 e. The van der Waals surface area contributed by atoms with Crippen molar-refractivity contribution in [3.05, 3.63) is 64.7 Å². The van der Waals surface area contributed by atoms with Crippen LogP contribution in [-0.4, -0.2) is 19.6 Å². The van der Waals surface area contributed by atoms with Gasteiger partial charge in [0.15, 0.2) is 6.61 Å². The second-order valence-corrected chi connectivity index (χ2v) is 5.64. The summed E-state index contributed by atoms with van der Waals surface area (Å²) in [6.45, 7) is 5.94. The zero-order valence-electron chi connectivity index (χ0n) is 14.0. The number of benzene rings is 2. The summed E-state index contributed by atoms with van der Waals surface area (Å²) < 4.78 is 5.38. The van der Waals surface area contributed by atoms with Crippen LogP contribution in [0.5, 0.6) is 5.75 Å². The molecule has 4 heteroatoms. The molecule has 0 bridgehead atoms. The van der Waals surface area contributed by atoms with Gasteiger partial charge in [0.1, 0.15) is 5.75 Å². The van der Waals surface area contributed by atoms with Crippen LogP contribution in [0.25, 0.3) is 0 Å². The Bertz CT molecular complexity index is 651. The second-order valence-electron chi connectivity index (χ2n) is 5.64. The van der Waals surface area contributed by atoms with Crippen molar-refractivity contribution in [1.29, 1.82) is 0 Å². The quantitative estimate of drug-likeness (QED) is 0.826. The van der Waals surface area contributed by atoms with Crippen molar-refractivity contribution in [3.8, 4) is 5.75 Å². The van der Waals surface area contributed by atoms with Crippen molar-refractivity contribution >= 4 is 5.91 Å². The molecule has 23 heavy (non-hydrogen) atoms. The van der Waals surface area contributed by atoms with Crippen LogP contribution in [0.1, 0.15) is 22.3 Å². The van der Waals surface area contributed by atoms with Gasteiger partial charge in [-0.15, -0.1) is 0 Å². The van der Waals surface area contributed by atoms with Gasteiger partial charge < -0.3 is 15.4 Å². The van der Waals surface area contributed by atoms with E-state index in [9.17, 15) is 4.79 Å². The first-order valence-electron chi connectivity index (χ1n) is 7.77. The third-order valence-corrected chi connectivity index (χ3v) is 3.71. The van der Waals surface area contributed by atoms with Crippen molar-refractivity contribution in [1.82, 2.24) is 10.6 Å². The molecule has 4 nitrogen and oxygen atoms in total. The summed E-state index contributed by atoms with van der Waals surface area (Å²) in [6.07, 6.45) is 0. The van der Waals surface area contributed by atoms with Crippen molar-refractivity contribution in [2.75, 3.05) is 13.7 Å². The lowest BCUT2D eigenvalue weighted by Gasteiger charge is -2.10. The van der Waals surface area contributed by atoms with Crippen LogP contribution in [0.3, 0.4) is 0 Å². The number of amides is 1. The number of hydrogen-bond acceptors (Lipinski definition) is 3. The molecule has 2 aromatic rings. The van der Waals surface area contributed by atoms with Gasteiger partial charge in [-0.05, 0) is 42.7 Å². The Morgan fingerprint density at radius 2 is 1.78 bits per heavy atom. The predicted molar refractivity (Wildman–Crippen MR) is 92.5 cm³/mol. The maximum absolute atomic E-state index is 11.1. The lowest BCUT2D eigenvalue weighted by Crippen LogP contribution is -2.24. The average Bonchev–Trinajstić information content (AvgIpc) is 2.55. The van der Waals surface area contributed by atoms with Crippen LogP contribution in [0, 0.1) is 13.8 Å². The highest BCUT2D eigenvalue weighted by Crippen LogP contribution is 2.13. The predicted octanol–water partition coefficient (Wildman–Crippen LogP) is 2.72. The molecule has 0 aliphatic carbocycles. The van der Waals surface area contributed by atoms with Crippen LogP contribution >= 0.6 is 0 Å². The molecule has 0 saturated heterocycles. The summed E-state index contributed by atoms with van der Waals surface area (Å²) >= 11 is 0. The first-order valence-corrected chi connectivity index (χ1v) is 7.77. The lowest BCUT2D eigenvalue weighted by atomic mass is 10.1. The molecule has 122 valence electrons. The summed E-state index contributed by atoms with van der Waals surface area (Å²) in [7, 11) is 1.59. The monoisotopic (exact) mass is 312 g/mol. The van der Waals surface area contributed by atoms with E-state index in [0.717, 1.165) is 13.1 Å². The highest BCUT2D eigenvalue weighted by molar-refractivity contribution is 5.77. The van der Waals surface area contributed by atoms with E-state index >= 15 is 0 Å². The molecule has 0 saturated carbocycles. The number of ether oxygens (including phenoxy) is 1. The van der Waals surface area contributed by atoms with Gasteiger partial charge >= 0.3 is 0 Å². The molecular formula is C19H24N2O2. The fourth-order valence-electron chi connectivity index (χ4n) is 2.31. The van der Waals surface area contributed by atoms with Crippen LogP contribution in [-0.2, 0) is 17.9 Å². The molecule has 0 radical (unpaired) electrons. The number of likely N-dealkylation sites (N-methyl/N-ethyl adjacent to an activating group) is 1. The highest BCUT2D eigenvalue weighted by Gasteiger charge is 2.01. The van der Waals surface area contributed by atoms with Crippen LogP contribution in [0.2, 0.25) is 0 Å².